The quantitative estimate of drug-likeness (QED) is 0.0213. The second-order valence-corrected chi connectivity index (χ2v) is 17.9. The van der Waals surface area contributed by atoms with Crippen molar-refractivity contribution in [1.82, 2.24) is 0 Å². The molecular weight excluding hydrogens is 750 g/mol. The number of phosphoric acid groups is 1. The molecule has 0 aromatic rings. The van der Waals surface area contributed by atoms with Crippen molar-refractivity contribution in [2.75, 3.05) is 47.5 Å². The van der Waals surface area contributed by atoms with Crippen molar-refractivity contribution in [2.24, 2.45) is 0 Å². The van der Waals surface area contributed by atoms with Crippen molar-refractivity contribution >= 4 is 19.8 Å². The number of hydrogen-bond donors (Lipinski definition) is 1. The van der Waals surface area contributed by atoms with Crippen LogP contribution >= 0.6 is 7.82 Å². The van der Waals surface area contributed by atoms with Crippen LogP contribution in [0.3, 0.4) is 0 Å². The van der Waals surface area contributed by atoms with Gasteiger partial charge in [0.25, 0.3) is 0 Å². The highest BCUT2D eigenvalue weighted by atomic mass is 31.2. The van der Waals surface area contributed by atoms with Crippen LogP contribution in [0.2, 0.25) is 0 Å². The molecule has 0 heterocycles. The Morgan fingerprint density at radius 1 is 0.534 bits per heavy atom. The first-order chi connectivity index (χ1) is 28.0. The van der Waals surface area contributed by atoms with E-state index in [9.17, 15) is 19.0 Å². The number of quaternary nitrogens is 1. The lowest BCUT2D eigenvalue weighted by molar-refractivity contribution is -0.870. The van der Waals surface area contributed by atoms with E-state index in [4.69, 9.17) is 18.5 Å². The van der Waals surface area contributed by atoms with Gasteiger partial charge in [-0.3, -0.25) is 18.6 Å². The number of ether oxygens (including phenoxy) is 2. The molecule has 0 radical (unpaired) electrons. The molecular formula is C48H87NO8P+. The number of unbranched alkanes of at least 4 members (excludes halogenated alkanes) is 17. The normalized spacial score (nSPS) is 14.1. The maximum atomic E-state index is 12.7. The van der Waals surface area contributed by atoms with E-state index in [0.717, 1.165) is 64.2 Å². The van der Waals surface area contributed by atoms with E-state index < -0.39 is 32.5 Å². The zero-order valence-electron chi connectivity index (χ0n) is 37.8. The van der Waals surface area contributed by atoms with E-state index in [1.54, 1.807) is 0 Å². The van der Waals surface area contributed by atoms with E-state index in [2.05, 4.69) is 74.6 Å². The Morgan fingerprint density at radius 3 is 1.43 bits per heavy atom. The SMILES string of the molecule is CCCCC/C=C/C/C=C/C/C=C/C/C=C/CCCCCC(=O)OC[C@H](COP(=O)(O)OCC[N+](C)(C)C)OC(=O)CCCCC/C=C/CCCCCCCCCC. The van der Waals surface area contributed by atoms with Crippen molar-refractivity contribution in [3.05, 3.63) is 60.8 Å². The van der Waals surface area contributed by atoms with Crippen LogP contribution in [0, 0.1) is 0 Å². The maximum Gasteiger partial charge on any atom is 0.472 e. The van der Waals surface area contributed by atoms with Gasteiger partial charge >= 0.3 is 19.8 Å². The minimum Gasteiger partial charge on any atom is -0.462 e. The highest BCUT2D eigenvalue weighted by molar-refractivity contribution is 7.47. The van der Waals surface area contributed by atoms with Crippen molar-refractivity contribution in [1.29, 1.82) is 0 Å². The second kappa shape index (κ2) is 40.1. The fourth-order valence-corrected chi connectivity index (χ4v) is 6.61. The highest BCUT2D eigenvalue weighted by Crippen LogP contribution is 2.43. The summed E-state index contributed by atoms with van der Waals surface area (Å²) in [6.07, 6.45) is 48.4. The number of rotatable bonds is 41. The second-order valence-electron chi connectivity index (χ2n) is 16.4. The van der Waals surface area contributed by atoms with Crippen LogP contribution < -0.4 is 0 Å². The third kappa shape index (κ3) is 43.3. The number of phosphoric ester groups is 1. The molecule has 0 aliphatic carbocycles. The van der Waals surface area contributed by atoms with Crippen LogP contribution in [0.4, 0.5) is 0 Å². The fraction of sp³-hybridized carbons (Fsp3) is 0.750. The molecule has 0 rings (SSSR count). The first kappa shape index (κ1) is 55.7. The average Bonchev–Trinajstić information content (AvgIpc) is 3.17. The van der Waals surface area contributed by atoms with Gasteiger partial charge in [0.05, 0.1) is 27.7 Å². The minimum absolute atomic E-state index is 0.0213. The van der Waals surface area contributed by atoms with E-state index >= 15 is 0 Å². The molecule has 0 aliphatic rings. The molecule has 336 valence electrons. The standard InChI is InChI=1S/C48H86NO8P/c1-6-8-10-12-14-16-18-20-22-23-24-25-27-28-30-32-34-36-38-40-47(50)54-44-46(45-56-58(52,53)55-43-42-49(3,4)5)57-48(51)41-39-37-35-33-31-29-26-21-19-17-15-13-11-9-7-2/h14,16,20,22,24-25,28-31,46H,6-13,15,17-19,21,23,26-27,32-45H2,1-5H3/p+1/b16-14+,22-20+,25-24+,30-28+,31-29+/t46-/m1/s1. The number of allylic oxidation sites excluding steroid dienone is 10. The summed E-state index contributed by atoms with van der Waals surface area (Å²) in [7, 11) is 1.44. The van der Waals surface area contributed by atoms with Crippen LogP contribution in [0.15, 0.2) is 60.8 Å². The maximum absolute atomic E-state index is 12.7. The molecule has 2 atom stereocenters. The predicted molar refractivity (Wildman–Crippen MR) is 243 cm³/mol. The molecule has 1 unspecified atom stereocenters. The van der Waals surface area contributed by atoms with Crippen LogP contribution in [-0.2, 0) is 32.7 Å². The summed E-state index contributed by atoms with van der Waals surface area (Å²) in [6.45, 7) is 4.33. The van der Waals surface area contributed by atoms with Gasteiger partial charge < -0.3 is 18.9 Å². The van der Waals surface area contributed by atoms with Gasteiger partial charge in [-0.25, -0.2) is 4.57 Å². The number of carbonyl (C=O) groups is 2. The number of carbonyl (C=O) groups excluding carboxylic acids is 2. The van der Waals surface area contributed by atoms with E-state index in [-0.39, 0.29) is 26.1 Å². The third-order valence-electron chi connectivity index (χ3n) is 9.52. The third-order valence-corrected chi connectivity index (χ3v) is 10.5. The minimum atomic E-state index is -4.39. The van der Waals surface area contributed by atoms with Gasteiger partial charge in [0.1, 0.15) is 19.8 Å². The van der Waals surface area contributed by atoms with Crippen LogP contribution in [0.5, 0.6) is 0 Å². The molecule has 0 aromatic heterocycles. The Labute approximate surface area is 356 Å². The molecule has 0 amide bonds. The lowest BCUT2D eigenvalue weighted by atomic mass is 10.1. The summed E-state index contributed by atoms with van der Waals surface area (Å²) in [5.74, 6) is -0.855. The summed E-state index contributed by atoms with van der Waals surface area (Å²) in [5.41, 5.74) is 0. The van der Waals surface area contributed by atoms with Gasteiger partial charge in [0, 0.05) is 12.8 Å². The molecule has 0 aromatic carbocycles. The van der Waals surface area contributed by atoms with E-state index in [1.807, 2.05) is 21.1 Å². The Morgan fingerprint density at radius 2 is 0.931 bits per heavy atom. The van der Waals surface area contributed by atoms with Gasteiger partial charge in [0.15, 0.2) is 6.10 Å². The zero-order chi connectivity index (χ0) is 42.8. The Kier molecular flexibility index (Phi) is 38.5. The molecule has 0 spiro atoms. The van der Waals surface area contributed by atoms with Gasteiger partial charge in [0.2, 0.25) is 0 Å². The van der Waals surface area contributed by atoms with E-state index in [0.29, 0.717) is 23.9 Å². The molecule has 0 saturated heterocycles. The summed E-state index contributed by atoms with van der Waals surface area (Å²) in [5, 5.41) is 0. The van der Waals surface area contributed by atoms with Gasteiger partial charge in [-0.15, -0.1) is 0 Å². The van der Waals surface area contributed by atoms with Gasteiger partial charge in [-0.05, 0) is 83.5 Å². The summed E-state index contributed by atoms with van der Waals surface area (Å²) in [6, 6.07) is 0. The van der Waals surface area contributed by atoms with Crippen molar-refractivity contribution < 1.29 is 42.1 Å². The predicted octanol–water partition coefficient (Wildman–Crippen LogP) is 13.2. The Hall–Kier alpha value is -2.29. The highest BCUT2D eigenvalue weighted by Gasteiger charge is 2.27. The van der Waals surface area contributed by atoms with Gasteiger partial charge in [-0.2, -0.15) is 0 Å². The van der Waals surface area contributed by atoms with Crippen LogP contribution in [-0.4, -0.2) is 74.9 Å². The summed E-state index contributed by atoms with van der Waals surface area (Å²) < 4.78 is 34.3. The first-order valence-corrected chi connectivity index (χ1v) is 24.5. The summed E-state index contributed by atoms with van der Waals surface area (Å²) in [4.78, 5) is 35.4. The Balaban J connectivity index is 4.42. The fourth-order valence-electron chi connectivity index (χ4n) is 5.87. The molecule has 0 saturated carbocycles. The van der Waals surface area contributed by atoms with Crippen LogP contribution in [0.25, 0.3) is 0 Å². The molecule has 58 heavy (non-hydrogen) atoms. The molecule has 0 bridgehead atoms. The molecule has 0 fully saturated rings. The van der Waals surface area contributed by atoms with Gasteiger partial charge in [-0.1, -0.05) is 145 Å². The van der Waals surface area contributed by atoms with Crippen molar-refractivity contribution in [3.63, 3.8) is 0 Å². The number of likely N-dealkylation sites (N-methyl/N-ethyl adjacent to an activating group) is 1. The number of esters is 2. The number of hydrogen-bond acceptors (Lipinski definition) is 7. The van der Waals surface area contributed by atoms with Crippen molar-refractivity contribution in [2.45, 2.75) is 187 Å². The molecule has 0 aliphatic heterocycles. The largest absolute Gasteiger partial charge is 0.472 e. The Bertz CT molecular complexity index is 1170. The first-order valence-electron chi connectivity index (χ1n) is 23.0. The topological polar surface area (TPSA) is 108 Å². The molecule has 1 N–H and O–H groups in total. The molecule has 9 nitrogen and oxygen atoms in total. The smallest absolute Gasteiger partial charge is 0.462 e. The summed E-state index contributed by atoms with van der Waals surface area (Å²) >= 11 is 0. The molecule has 10 heteroatoms. The monoisotopic (exact) mass is 837 g/mol. The van der Waals surface area contributed by atoms with Crippen molar-refractivity contribution in [3.8, 4) is 0 Å². The zero-order valence-corrected chi connectivity index (χ0v) is 38.7. The van der Waals surface area contributed by atoms with E-state index in [1.165, 1.54) is 77.0 Å². The lowest BCUT2D eigenvalue weighted by Gasteiger charge is -2.24. The average molecular weight is 837 g/mol. The number of nitrogens with zero attached hydrogens (tertiary/aromatic N) is 1. The lowest BCUT2D eigenvalue weighted by Crippen LogP contribution is -2.37. The van der Waals surface area contributed by atoms with Crippen LogP contribution in [0.1, 0.15) is 181 Å².